The first kappa shape index (κ1) is 18.4. The van der Waals surface area contributed by atoms with Crippen molar-refractivity contribution in [2.24, 2.45) is 5.92 Å². The molecule has 3 unspecified atom stereocenters. The molecule has 28 heavy (non-hydrogen) atoms. The van der Waals surface area contributed by atoms with Crippen molar-refractivity contribution in [2.45, 2.75) is 44.9 Å². The number of allylic oxidation sites excluding steroid dienone is 6. The summed E-state index contributed by atoms with van der Waals surface area (Å²) in [6.45, 7) is 3.49. The monoisotopic (exact) mass is 382 g/mol. The molecule has 0 aromatic carbocycles. The van der Waals surface area contributed by atoms with Crippen molar-refractivity contribution >= 4 is 5.65 Å². The first-order chi connectivity index (χ1) is 13.4. The van der Waals surface area contributed by atoms with E-state index >= 15 is 0 Å². The van der Waals surface area contributed by atoms with Crippen LogP contribution in [-0.4, -0.2) is 14.6 Å². The Hall–Kier alpha value is -3.01. The molecule has 0 amide bonds. The van der Waals surface area contributed by atoms with Gasteiger partial charge in [0, 0.05) is 34.7 Å². The summed E-state index contributed by atoms with van der Waals surface area (Å²) in [6.07, 6.45) is 7.63. The van der Waals surface area contributed by atoms with E-state index < -0.39 is 17.6 Å². The van der Waals surface area contributed by atoms with E-state index in [4.69, 9.17) is 10.2 Å². The minimum absolute atomic E-state index is 0.0607. The van der Waals surface area contributed by atoms with Crippen LogP contribution in [0.5, 0.6) is 0 Å². The molecule has 3 atom stereocenters. The average Bonchev–Trinajstić information content (AvgIpc) is 3.01. The van der Waals surface area contributed by atoms with Gasteiger partial charge >= 0.3 is 0 Å². The van der Waals surface area contributed by atoms with Gasteiger partial charge in [-0.3, -0.25) is 9.89 Å². The maximum absolute atomic E-state index is 14.5. The highest BCUT2D eigenvalue weighted by molar-refractivity contribution is 5.56. The van der Waals surface area contributed by atoms with Crippen LogP contribution in [-0.2, 0) is 0 Å². The van der Waals surface area contributed by atoms with Crippen molar-refractivity contribution in [1.82, 2.24) is 14.6 Å². The van der Waals surface area contributed by atoms with E-state index in [1.54, 1.807) is 13.8 Å². The van der Waals surface area contributed by atoms with Crippen LogP contribution in [0, 0.1) is 31.1 Å². The van der Waals surface area contributed by atoms with Crippen LogP contribution in [0.15, 0.2) is 40.8 Å². The molecule has 5 nitrogen and oxygen atoms in total. The number of hydrogen-bond donors (Lipinski definition) is 1. The third kappa shape index (κ3) is 2.89. The summed E-state index contributed by atoms with van der Waals surface area (Å²) in [4.78, 5) is 17.7. The van der Waals surface area contributed by atoms with Crippen LogP contribution < -0.4 is 5.56 Å². The summed E-state index contributed by atoms with van der Waals surface area (Å²) in [5, 5.41) is 12.1. The summed E-state index contributed by atoms with van der Waals surface area (Å²) in [7, 11) is 0. The van der Waals surface area contributed by atoms with Crippen molar-refractivity contribution < 1.29 is 8.78 Å². The van der Waals surface area contributed by atoms with E-state index in [0.29, 0.717) is 34.6 Å². The number of hydrogen-bond acceptors (Lipinski definition) is 3. The topological polar surface area (TPSA) is 73.9 Å². The first-order valence-electron chi connectivity index (χ1n) is 9.33. The lowest BCUT2D eigenvalue weighted by Gasteiger charge is -2.21. The zero-order valence-electron chi connectivity index (χ0n) is 15.7. The molecule has 2 aliphatic rings. The number of aryl methyl sites for hydroxylation is 1. The average molecular weight is 382 g/mol. The molecule has 0 saturated heterocycles. The maximum atomic E-state index is 14.5. The van der Waals surface area contributed by atoms with Gasteiger partial charge in [0.15, 0.2) is 5.65 Å². The van der Waals surface area contributed by atoms with E-state index in [2.05, 4.69) is 11.2 Å². The van der Waals surface area contributed by atoms with Crippen molar-refractivity contribution in [3.8, 4) is 6.07 Å². The lowest BCUT2D eigenvalue weighted by molar-refractivity contribution is 0.519. The van der Waals surface area contributed by atoms with Gasteiger partial charge in [0.05, 0.1) is 17.7 Å². The number of halogens is 2. The SMILES string of the molecule is Cc1[nH]n2c(=O)c(C)c(C3C=CC(C#N)CC3)nc2c1C1CC=C(F)C=C1F. The quantitative estimate of drug-likeness (QED) is 0.782. The molecule has 0 fully saturated rings. The number of nitriles is 1. The molecule has 1 N–H and O–H groups in total. The summed E-state index contributed by atoms with van der Waals surface area (Å²) in [6, 6.07) is 2.23. The minimum atomic E-state index is -0.673. The Kier molecular flexibility index (Phi) is 4.50. The molecular weight excluding hydrogens is 362 g/mol. The Labute approximate surface area is 160 Å². The highest BCUT2D eigenvalue weighted by Crippen LogP contribution is 2.38. The Balaban J connectivity index is 1.87. The predicted octanol–water partition coefficient (Wildman–Crippen LogP) is 4.41. The van der Waals surface area contributed by atoms with Gasteiger partial charge in [0.25, 0.3) is 5.56 Å². The second-order valence-electron chi connectivity index (χ2n) is 7.45. The Morgan fingerprint density at radius 3 is 2.71 bits per heavy atom. The van der Waals surface area contributed by atoms with Crippen LogP contribution in [0.4, 0.5) is 8.78 Å². The lowest BCUT2D eigenvalue weighted by Crippen LogP contribution is -2.23. The zero-order chi connectivity index (χ0) is 20.0. The summed E-state index contributed by atoms with van der Waals surface area (Å²) < 4.78 is 29.2. The summed E-state index contributed by atoms with van der Waals surface area (Å²) in [5.74, 6) is -2.01. The Morgan fingerprint density at radius 1 is 1.29 bits per heavy atom. The van der Waals surface area contributed by atoms with Gasteiger partial charge in [-0.25, -0.2) is 18.3 Å². The van der Waals surface area contributed by atoms with E-state index in [0.717, 1.165) is 12.5 Å². The summed E-state index contributed by atoms with van der Waals surface area (Å²) >= 11 is 0. The van der Waals surface area contributed by atoms with Gasteiger partial charge in [-0.2, -0.15) is 5.26 Å². The largest absolute Gasteiger partial charge is 0.294 e. The number of aromatic amines is 1. The molecule has 4 rings (SSSR count). The minimum Gasteiger partial charge on any atom is -0.294 e. The van der Waals surface area contributed by atoms with Crippen molar-refractivity contribution in [3.63, 3.8) is 0 Å². The highest BCUT2D eigenvalue weighted by Gasteiger charge is 2.29. The molecule has 0 bridgehead atoms. The van der Waals surface area contributed by atoms with Crippen molar-refractivity contribution in [3.05, 3.63) is 68.8 Å². The smallest absolute Gasteiger partial charge is 0.275 e. The first-order valence-corrected chi connectivity index (χ1v) is 9.33. The number of aromatic nitrogens is 3. The third-order valence-corrected chi connectivity index (χ3v) is 5.66. The van der Waals surface area contributed by atoms with Gasteiger partial charge in [-0.1, -0.05) is 12.2 Å². The number of fused-ring (bicyclic) bond motifs is 1. The van der Waals surface area contributed by atoms with Gasteiger partial charge < -0.3 is 0 Å². The number of nitrogens with one attached hydrogen (secondary N) is 1. The fraction of sp³-hybridized carbons (Fsp3) is 0.381. The third-order valence-electron chi connectivity index (χ3n) is 5.66. The van der Waals surface area contributed by atoms with E-state index in [1.807, 2.05) is 12.2 Å². The van der Waals surface area contributed by atoms with Gasteiger partial charge in [0.1, 0.15) is 11.7 Å². The molecule has 144 valence electrons. The maximum Gasteiger partial charge on any atom is 0.275 e. The molecule has 2 aromatic rings. The molecule has 0 radical (unpaired) electrons. The molecular formula is C21H20F2N4O. The van der Waals surface area contributed by atoms with Gasteiger partial charge in [-0.15, -0.1) is 0 Å². The molecule has 7 heteroatoms. The fourth-order valence-corrected chi connectivity index (χ4v) is 4.12. The number of rotatable bonds is 2. The van der Waals surface area contributed by atoms with Crippen LogP contribution in [0.25, 0.3) is 5.65 Å². The Morgan fingerprint density at radius 2 is 2.07 bits per heavy atom. The molecule has 0 aliphatic heterocycles. The fourth-order valence-electron chi connectivity index (χ4n) is 4.12. The second-order valence-corrected chi connectivity index (χ2v) is 7.45. The van der Waals surface area contributed by atoms with Crippen LogP contribution in [0.2, 0.25) is 0 Å². The van der Waals surface area contributed by atoms with Gasteiger partial charge in [0.2, 0.25) is 0 Å². The normalized spacial score (nSPS) is 24.8. The van der Waals surface area contributed by atoms with Crippen molar-refractivity contribution in [2.75, 3.05) is 0 Å². The van der Waals surface area contributed by atoms with Crippen molar-refractivity contribution in [1.29, 1.82) is 5.26 Å². The summed E-state index contributed by atoms with van der Waals surface area (Å²) in [5.41, 5.74) is 2.54. The number of H-pyrrole nitrogens is 1. The predicted molar refractivity (Wildman–Crippen MR) is 101 cm³/mol. The highest BCUT2D eigenvalue weighted by atomic mass is 19.1. The molecule has 2 aliphatic carbocycles. The van der Waals surface area contributed by atoms with E-state index in [-0.39, 0.29) is 23.8 Å². The standard InChI is InChI=1S/C21H20F2N4O/c1-11-19(14-5-3-13(10-24)4-6-14)25-20-18(12(2)26-27(20)21(11)28)16-8-7-15(22)9-17(16)23/h3,5,7,9,13-14,16,26H,4,6,8H2,1-2H3. The van der Waals surface area contributed by atoms with Crippen LogP contribution in [0.3, 0.4) is 0 Å². The molecule has 0 saturated carbocycles. The van der Waals surface area contributed by atoms with Gasteiger partial charge in [-0.05, 0) is 39.2 Å². The van der Waals surface area contributed by atoms with Crippen LogP contribution in [0.1, 0.15) is 53.6 Å². The molecule has 2 aromatic heterocycles. The van der Waals surface area contributed by atoms with E-state index in [9.17, 15) is 13.6 Å². The van der Waals surface area contributed by atoms with Crippen LogP contribution >= 0.6 is 0 Å². The zero-order valence-corrected chi connectivity index (χ0v) is 15.7. The second kappa shape index (κ2) is 6.86. The molecule has 2 heterocycles. The molecule has 0 spiro atoms. The lowest BCUT2D eigenvalue weighted by atomic mass is 9.86. The van der Waals surface area contributed by atoms with E-state index in [1.165, 1.54) is 10.6 Å². The Bertz CT molecular complexity index is 1150. The number of nitrogens with zero attached hydrogens (tertiary/aromatic N) is 3.